The van der Waals surface area contributed by atoms with Crippen LogP contribution >= 0.6 is 0 Å². The Morgan fingerprint density at radius 3 is 1.10 bits per heavy atom. The highest BCUT2D eigenvalue weighted by molar-refractivity contribution is 5.87. The molecule has 6 nitrogen and oxygen atoms in total. The first kappa shape index (κ1) is 50.2. The van der Waals surface area contributed by atoms with Crippen LogP contribution < -0.4 is 0 Å². The number of hydrogen-bond acceptors (Lipinski definition) is 6. The summed E-state index contributed by atoms with van der Waals surface area (Å²) in [5.41, 5.74) is -32.6. The van der Waals surface area contributed by atoms with E-state index in [4.69, 9.17) is 0 Å². The second kappa shape index (κ2) is 14.5. The van der Waals surface area contributed by atoms with Crippen LogP contribution in [0.15, 0.2) is 24.3 Å². The number of alkyl halides is 21. The molecule has 59 heavy (non-hydrogen) atoms. The lowest BCUT2D eigenvalue weighted by molar-refractivity contribution is -0.630. The third kappa shape index (κ3) is 6.48. The summed E-state index contributed by atoms with van der Waals surface area (Å²) >= 11 is 0. The van der Waals surface area contributed by atoms with Gasteiger partial charge < -0.3 is 18.9 Å². The van der Waals surface area contributed by atoms with E-state index in [2.05, 4.69) is 32.1 Å². The second-order valence-corrected chi connectivity index (χ2v) is 14.3. The Kier molecular flexibility index (Phi) is 12.3. The minimum Gasteiger partial charge on any atom is -0.457 e. The number of hydrogen-bond donors (Lipinski definition) is 0. The Bertz CT molecular complexity index is 1630. The molecule has 342 valence electrons. The summed E-state index contributed by atoms with van der Waals surface area (Å²) in [4.78, 5) is 24.2. The summed E-state index contributed by atoms with van der Waals surface area (Å²) in [6.07, 6.45) is -23.4. The number of ether oxygens (including phenoxy) is 4. The largest absolute Gasteiger partial charge is 0.457 e. The number of carbonyl (C=O) groups is 2. The van der Waals surface area contributed by atoms with Crippen molar-refractivity contribution in [3.8, 4) is 0 Å². The minimum absolute atomic E-state index is 0.672. The first-order valence-electron chi connectivity index (χ1n) is 16.6. The maximum Gasteiger partial charge on any atom is 0.394 e. The molecular formula is C32H31F21O6. The molecule has 0 saturated heterocycles. The van der Waals surface area contributed by atoms with Crippen LogP contribution in [0.2, 0.25) is 0 Å². The Balaban J connectivity index is 2.37. The van der Waals surface area contributed by atoms with Gasteiger partial charge >= 0.3 is 65.0 Å². The quantitative estimate of drug-likeness (QED) is 0.0776. The van der Waals surface area contributed by atoms with E-state index >= 15 is 61.5 Å². The van der Waals surface area contributed by atoms with Crippen molar-refractivity contribution < 1.29 is 121 Å². The monoisotopic (exact) mass is 910 g/mol. The normalized spacial score (nSPS) is 31.9. The van der Waals surface area contributed by atoms with E-state index in [1.165, 1.54) is 0 Å². The lowest BCUT2D eigenvalue weighted by atomic mass is 9.39. The van der Waals surface area contributed by atoms with Gasteiger partial charge in [0.15, 0.2) is 0 Å². The summed E-state index contributed by atoms with van der Waals surface area (Å²) in [5.74, 6) is -60.9. The van der Waals surface area contributed by atoms with Gasteiger partial charge in [0.25, 0.3) is 17.1 Å². The average molecular weight is 911 g/mol. The Hall–Kier alpha value is -3.13. The predicted octanol–water partition coefficient (Wildman–Crippen LogP) is 9.94. The number of rotatable bonds is 18. The standard InChI is InChI=1S/C32H31F21O6/c1-6-20(33,34)9-7-16(58-18(54)14(2)3)11-56-25-28(44,45)23(40)27(42,43)24(41,29(25,46)47)31(50,51)26(30(23,48)49,32(25,52)53)57-12-17(59-19(55)15(4)5)8-10-21(35,36)13-22(37,38)39/h16-17H,2,4,6-13H2,1,3,5H3. The molecule has 0 aliphatic heterocycles. The third-order valence-corrected chi connectivity index (χ3v) is 10.1. The molecule has 0 radical (unpaired) electrons. The molecule has 4 unspecified atom stereocenters. The van der Waals surface area contributed by atoms with Crippen molar-refractivity contribution in [1.82, 2.24) is 0 Å². The summed E-state index contributed by atoms with van der Waals surface area (Å²) in [5, 5.41) is 0. The highest BCUT2D eigenvalue weighted by Gasteiger charge is 3.23. The highest BCUT2D eigenvalue weighted by Crippen LogP contribution is 2.88. The van der Waals surface area contributed by atoms with Crippen LogP contribution in [0.5, 0.6) is 0 Å². The molecule has 4 fully saturated rings. The lowest BCUT2D eigenvalue weighted by Gasteiger charge is -2.76. The molecule has 0 aromatic carbocycles. The Labute approximate surface area is 318 Å². The summed E-state index contributed by atoms with van der Waals surface area (Å²) < 4.78 is 336. The third-order valence-electron chi connectivity index (χ3n) is 10.1. The van der Waals surface area contributed by atoms with E-state index in [1.807, 2.05) is 0 Å². The second-order valence-electron chi connectivity index (χ2n) is 14.3. The van der Waals surface area contributed by atoms with Crippen molar-refractivity contribution in [1.29, 1.82) is 0 Å². The van der Waals surface area contributed by atoms with Crippen LogP contribution in [0.3, 0.4) is 0 Å². The van der Waals surface area contributed by atoms with E-state index in [9.17, 15) is 40.3 Å². The predicted molar refractivity (Wildman–Crippen MR) is 153 cm³/mol. The minimum atomic E-state index is -8.18. The molecule has 0 N–H and O–H groups in total. The summed E-state index contributed by atoms with van der Waals surface area (Å²) in [6, 6.07) is 0. The molecule has 0 spiro atoms. The molecule has 4 saturated carbocycles. The maximum absolute atomic E-state index is 16.7. The van der Waals surface area contributed by atoms with Gasteiger partial charge in [-0.25, -0.2) is 35.9 Å². The van der Waals surface area contributed by atoms with Crippen molar-refractivity contribution in [3.63, 3.8) is 0 Å². The van der Waals surface area contributed by atoms with Gasteiger partial charge in [-0.3, -0.25) is 0 Å². The highest BCUT2D eigenvalue weighted by atomic mass is 19.4. The molecule has 4 aliphatic rings. The van der Waals surface area contributed by atoms with Crippen LogP contribution in [0.25, 0.3) is 0 Å². The molecule has 0 aromatic heterocycles. The molecule has 4 bridgehead atoms. The smallest absolute Gasteiger partial charge is 0.394 e. The average Bonchev–Trinajstić information content (AvgIpc) is 3.05. The summed E-state index contributed by atoms with van der Waals surface area (Å²) in [7, 11) is 0. The molecule has 0 amide bonds. The molecule has 0 aromatic rings. The van der Waals surface area contributed by atoms with Crippen LogP contribution in [-0.4, -0.2) is 113 Å². The van der Waals surface area contributed by atoms with Crippen molar-refractivity contribution in [2.24, 2.45) is 0 Å². The van der Waals surface area contributed by atoms with Crippen LogP contribution in [0, 0.1) is 0 Å². The molecule has 4 aliphatic carbocycles. The first-order chi connectivity index (χ1) is 26.1. The molecule has 4 atom stereocenters. The van der Waals surface area contributed by atoms with Crippen molar-refractivity contribution in [3.05, 3.63) is 24.3 Å². The van der Waals surface area contributed by atoms with Gasteiger partial charge in [0, 0.05) is 30.4 Å². The Morgan fingerprint density at radius 2 is 0.831 bits per heavy atom. The fraction of sp³-hybridized carbons (Fsp3) is 0.812. The van der Waals surface area contributed by atoms with Crippen molar-refractivity contribution in [2.75, 3.05) is 13.2 Å². The van der Waals surface area contributed by atoms with Crippen LogP contribution in [0.4, 0.5) is 92.2 Å². The van der Waals surface area contributed by atoms with Gasteiger partial charge in [0.2, 0.25) is 5.92 Å². The van der Waals surface area contributed by atoms with E-state index in [1.54, 1.807) is 0 Å². The maximum atomic E-state index is 16.7. The zero-order valence-corrected chi connectivity index (χ0v) is 30.1. The van der Waals surface area contributed by atoms with Gasteiger partial charge in [0.05, 0.1) is 13.2 Å². The molecule has 27 heteroatoms. The Morgan fingerprint density at radius 1 is 0.525 bits per heavy atom. The number of halogens is 21. The van der Waals surface area contributed by atoms with Gasteiger partial charge in [-0.15, -0.1) is 0 Å². The van der Waals surface area contributed by atoms with Crippen molar-refractivity contribution >= 4 is 11.9 Å². The van der Waals surface area contributed by atoms with Crippen LogP contribution in [0.1, 0.15) is 59.3 Å². The first-order valence-corrected chi connectivity index (χ1v) is 16.6. The van der Waals surface area contributed by atoms with E-state index in [-0.39, 0.29) is 0 Å². The fourth-order valence-corrected chi connectivity index (χ4v) is 6.96. The zero-order chi connectivity index (χ0) is 46.4. The molecule has 4 rings (SSSR count). The summed E-state index contributed by atoms with van der Waals surface area (Å²) in [6.45, 7) is 2.41. The van der Waals surface area contributed by atoms with Gasteiger partial charge in [-0.2, -0.15) is 65.9 Å². The lowest BCUT2D eigenvalue weighted by Crippen LogP contribution is -3.11. The van der Waals surface area contributed by atoms with Gasteiger partial charge in [0.1, 0.15) is 18.6 Å². The van der Waals surface area contributed by atoms with Crippen molar-refractivity contribution in [2.45, 2.75) is 148 Å². The van der Waals surface area contributed by atoms with Crippen LogP contribution in [-0.2, 0) is 28.5 Å². The molecular weight excluding hydrogens is 879 g/mol. The van der Waals surface area contributed by atoms with E-state index < -0.39 is 163 Å². The fourth-order valence-electron chi connectivity index (χ4n) is 6.96. The van der Waals surface area contributed by atoms with E-state index in [0.29, 0.717) is 6.92 Å². The number of carbonyl (C=O) groups excluding carboxylic acids is 2. The number of esters is 2. The zero-order valence-electron chi connectivity index (χ0n) is 30.1. The van der Waals surface area contributed by atoms with Gasteiger partial charge in [-0.05, 0) is 26.7 Å². The van der Waals surface area contributed by atoms with E-state index in [0.717, 1.165) is 13.8 Å². The van der Waals surface area contributed by atoms with Gasteiger partial charge in [-0.1, -0.05) is 20.1 Å². The molecule has 0 heterocycles. The topological polar surface area (TPSA) is 71.1 Å². The SMILES string of the molecule is C=C(C)C(=O)OC(CCC(F)(F)CC)COC12C(F)(F)C3(F)C(F)(F)C(F)(C1(F)F)C(F)(F)C(OCC(CCC(F)(F)CC(F)(F)F)OC(=O)C(=C)C)(C3(F)F)C2(F)F.